The van der Waals surface area contributed by atoms with Gasteiger partial charge in [0.2, 0.25) is 0 Å². The Balaban J connectivity index is 2.25. The van der Waals surface area contributed by atoms with E-state index in [2.05, 4.69) is 38.5 Å². The first-order chi connectivity index (χ1) is 9.13. The van der Waals surface area contributed by atoms with Gasteiger partial charge in [-0.2, -0.15) is 0 Å². The number of carbonyl (C=O) groups excluding carboxylic acids is 1. The molecule has 0 aliphatic heterocycles. The van der Waals surface area contributed by atoms with Gasteiger partial charge < -0.3 is 10.0 Å². The lowest BCUT2D eigenvalue weighted by Gasteiger charge is -2.28. The van der Waals surface area contributed by atoms with E-state index in [4.69, 9.17) is 0 Å². The van der Waals surface area contributed by atoms with Crippen LogP contribution in [-0.4, -0.2) is 33.8 Å². The van der Waals surface area contributed by atoms with Crippen LogP contribution >= 0.6 is 38.5 Å². The number of aromatic hydroxyl groups is 1. The van der Waals surface area contributed by atoms with E-state index in [-0.39, 0.29) is 11.7 Å². The SMILES string of the molecule is O=C(c1cc(I)ccc1O)N(CCBr)C1CCCC1. The van der Waals surface area contributed by atoms with E-state index in [0.29, 0.717) is 18.2 Å². The minimum Gasteiger partial charge on any atom is -0.507 e. The van der Waals surface area contributed by atoms with Gasteiger partial charge in [-0.25, -0.2) is 0 Å². The maximum absolute atomic E-state index is 12.6. The van der Waals surface area contributed by atoms with Gasteiger partial charge in [-0.15, -0.1) is 0 Å². The van der Waals surface area contributed by atoms with Crippen LogP contribution in [-0.2, 0) is 0 Å². The van der Waals surface area contributed by atoms with E-state index < -0.39 is 0 Å². The summed E-state index contributed by atoms with van der Waals surface area (Å²) < 4.78 is 0.962. The molecule has 1 N–H and O–H groups in total. The van der Waals surface area contributed by atoms with Gasteiger partial charge in [0.05, 0.1) is 5.56 Å². The van der Waals surface area contributed by atoms with Crippen molar-refractivity contribution in [3.05, 3.63) is 27.3 Å². The summed E-state index contributed by atoms with van der Waals surface area (Å²) >= 11 is 5.57. The number of phenols is 1. The van der Waals surface area contributed by atoms with Crippen molar-refractivity contribution < 1.29 is 9.90 Å². The number of nitrogens with zero attached hydrogens (tertiary/aromatic N) is 1. The second-order valence-corrected chi connectivity index (χ2v) is 6.83. The highest BCUT2D eigenvalue weighted by molar-refractivity contribution is 14.1. The number of carbonyl (C=O) groups is 1. The fraction of sp³-hybridized carbons (Fsp3) is 0.500. The van der Waals surface area contributed by atoms with Crippen molar-refractivity contribution in [1.82, 2.24) is 4.90 Å². The van der Waals surface area contributed by atoms with Crippen LogP contribution in [0, 0.1) is 3.57 Å². The van der Waals surface area contributed by atoms with E-state index >= 15 is 0 Å². The Morgan fingerprint density at radius 3 is 2.74 bits per heavy atom. The Morgan fingerprint density at radius 2 is 2.11 bits per heavy atom. The number of alkyl halides is 1. The predicted octanol–water partition coefficient (Wildman–Crippen LogP) is 3.78. The minimum absolute atomic E-state index is 0.0534. The quantitative estimate of drug-likeness (QED) is 0.575. The van der Waals surface area contributed by atoms with E-state index in [1.54, 1.807) is 18.2 Å². The van der Waals surface area contributed by atoms with Crippen LogP contribution < -0.4 is 0 Å². The Hall–Kier alpha value is -0.300. The molecule has 1 amide bonds. The molecule has 0 atom stereocenters. The third-order valence-corrected chi connectivity index (χ3v) is 4.57. The molecule has 19 heavy (non-hydrogen) atoms. The molecule has 1 aromatic rings. The molecule has 0 bridgehead atoms. The van der Waals surface area contributed by atoms with E-state index in [0.717, 1.165) is 21.7 Å². The zero-order chi connectivity index (χ0) is 13.8. The van der Waals surface area contributed by atoms with Gasteiger partial charge in [-0.1, -0.05) is 28.8 Å². The topological polar surface area (TPSA) is 40.5 Å². The highest BCUT2D eigenvalue weighted by Gasteiger charge is 2.28. The zero-order valence-corrected chi connectivity index (χ0v) is 14.4. The predicted molar refractivity (Wildman–Crippen MR) is 87.9 cm³/mol. The second-order valence-electron chi connectivity index (χ2n) is 4.79. The Morgan fingerprint density at radius 1 is 1.42 bits per heavy atom. The summed E-state index contributed by atoms with van der Waals surface area (Å²) in [4.78, 5) is 14.5. The standard InChI is InChI=1S/C14H17BrINO2/c15-7-8-17(11-3-1-2-4-11)14(19)12-9-10(16)5-6-13(12)18/h5-6,9,11,18H,1-4,7-8H2. The molecule has 5 heteroatoms. The minimum atomic E-state index is -0.0534. The van der Waals surface area contributed by atoms with Crippen molar-refractivity contribution in [2.45, 2.75) is 31.7 Å². The fourth-order valence-corrected chi connectivity index (χ4v) is 3.46. The van der Waals surface area contributed by atoms with E-state index in [9.17, 15) is 9.90 Å². The molecule has 0 radical (unpaired) electrons. The lowest BCUT2D eigenvalue weighted by atomic mass is 10.1. The molecule has 0 spiro atoms. The third kappa shape index (κ3) is 3.62. The summed E-state index contributed by atoms with van der Waals surface area (Å²) in [6.07, 6.45) is 4.52. The van der Waals surface area contributed by atoms with Gasteiger partial charge in [-0.3, -0.25) is 4.79 Å². The van der Waals surface area contributed by atoms with Gasteiger partial charge in [0.1, 0.15) is 5.75 Å². The molecule has 1 aliphatic carbocycles. The summed E-state index contributed by atoms with van der Waals surface area (Å²) in [5.41, 5.74) is 0.416. The molecule has 2 rings (SSSR count). The number of amides is 1. The van der Waals surface area contributed by atoms with Crippen LogP contribution in [0.4, 0.5) is 0 Å². The van der Waals surface area contributed by atoms with Gasteiger partial charge in [0.25, 0.3) is 5.91 Å². The zero-order valence-electron chi connectivity index (χ0n) is 10.6. The van der Waals surface area contributed by atoms with Crippen molar-refractivity contribution >= 4 is 44.4 Å². The molecule has 1 aliphatic rings. The van der Waals surface area contributed by atoms with E-state index in [1.165, 1.54) is 12.8 Å². The number of halogens is 2. The summed E-state index contributed by atoms with van der Waals surface area (Å²) in [6.45, 7) is 0.689. The highest BCUT2D eigenvalue weighted by atomic mass is 127. The molecule has 1 aromatic carbocycles. The number of hydrogen-bond acceptors (Lipinski definition) is 2. The molecule has 0 heterocycles. The van der Waals surface area contributed by atoms with Crippen molar-refractivity contribution in [3.8, 4) is 5.75 Å². The maximum Gasteiger partial charge on any atom is 0.257 e. The summed E-state index contributed by atoms with van der Waals surface area (Å²) in [6, 6.07) is 5.48. The number of benzene rings is 1. The molecule has 3 nitrogen and oxygen atoms in total. The molecular weight excluding hydrogens is 421 g/mol. The highest BCUT2D eigenvalue weighted by Crippen LogP contribution is 2.28. The lowest BCUT2D eigenvalue weighted by molar-refractivity contribution is 0.0693. The Bertz CT molecular complexity index is 461. The van der Waals surface area contributed by atoms with Crippen LogP contribution in [0.5, 0.6) is 5.75 Å². The van der Waals surface area contributed by atoms with Gasteiger partial charge in [-0.05, 0) is 53.6 Å². The Kier molecular flexibility index (Phi) is 5.50. The summed E-state index contributed by atoms with van der Waals surface area (Å²) in [7, 11) is 0. The first-order valence-electron chi connectivity index (χ1n) is 6.49. The second kappa shape index (κ2) is 6.92. The van der Waals surface area contributed by atoms with Crippen molar-refractivity contribution in [1.29, 1.82) is 0 Å². The Labute approximate surface area is 135 Å². The lowest BCUT2D eigenvalue weighted by Crippen LogP contribution is -2.40. The van der Waals surface area contributed by atoms with Gasteiger partial charge in [0, 0.05) is 21.5 Å². The average Bonchev–Trinajstić information content (AvgIpc) is 2.92. The monoisotopic (exact) mass is 437 g/mol. The molecule has 1 fully saturated rings. The first-order valence-corrected chi connectivity index (χ1v) is 8.69. The van der Waals surface area contributed by atoms with Crippen LogP contribution in [0.3, 0.4) is 0 Å². The van der Waals surface area contributed by atoms with Gasteiger partial charge >= 0.3 is 0 Å². The smallest absolute Gasteiger partial charge is 0.257 e. The normalized spacial score (nSPS) is 15.7. The third-order valence-electron chi connectivity index (χ3n) is 3.54. The molecule has 1 saturated carbocycles. The summed E-state index contributed by atoms with van der Waals surface area (Å²) in [5, 5.41) is 10.7. The largest absolute Gasteiger partial charge is 0.507 e. The number of phenolic OH excluding ortho intramolecular Hbond substituents is 1. The first kappa shape index (κ1) is 15.1. The van der Waals surface area contributed by atoms with Crippen molar-refractivity contribution in [2.24, 2.45) is 0 Å². The molecule has 0 aromatic heterocycles. The van der Waals surface area contributed by atoms with E-state index in [1.807, 2.05) is 4.90 Å². The van der Waals surface area contributed by atoms with Crippen LogP contribution in [0.15, 0.2) is 18.2 Å². The van der Waals surface area contributed by atoms with Crippen LogP contribution in [0.2, 0.25) is 0 Å². The number of rotatable bonds is 4. The fourth-order valence-electron chi connectivity index (χ4n) is 2.59. The maximum atomic E-state index is 12.6. The molecule has 0 saturated heterocycles. The van der Waals surface area contributed by atoms with Crippen LogP contribution in [0.25, 0.3) is 0 Å². The summed E-state index contributed by atoms with van der Waals surface area (Å²) in [5.74, 6) is 0.0188. The van der Waals surface area contributed by atoms with Gasteiger partial charge in [0.15, 0.2) is 0 Å². The average molecular weight is 438 g/mol. The van der Waals surface area contributed by atoms with Crippen molar-refractivity contribution in [2.75, 3.05) is 11.9 Å². The molecular formula is C14H17BrINO2. The van der Waals surface area contributed by atoms with Crippen LogP contribution in [0.1, 0.15) is 36.0 Å². The molecule has 104 valence electrons. The number of hydrogen-bond donors (Lipinski definition) is 1. The molecule has 0 unspecified atom stereocenters. The van der Waals surface area contributed by atoms with Crippen molar-refractivity contribution in [3.63, 3.8) is 0 Å².